The van der Waals surface area contributed by atoms with Gasteiger partial charge in [0.25, 0.3) is 0 Å². The summed E-state index contributed by atoms with van der Waals surface area (Å²) >= 11 is 6.40. The van der Waals surface area contributed by atoms with Gasteiger partial charge in [-0.1, -0.05) is 35.0 Å². The topological polar surface area (TPSA) is 86.7 Å². The van der Waals surface area contributed by atoms with E-state index in [-0.39, 0.29) is 0 Å². The van der Waals surface area contributed by atoms with E-state index in [0.717, 1.165) is 27.9 Å². The summed E-state index contributed by atoms with van der Waals surface area (Å²) in [6.07, 6.45) is 5.12. The molecule has 2 heterocycles. The van der Waals surface area contributed by atoms with Crippen LogP contribution in [-0.2, 0) is 6.54 Å². The van der Waals surface area contributed by atoms with Crippen molar-refractivity contribution in [2.45, 2.75) is 6.54 Å². The number of nitrogens with zero attached hydrogens (tertiary/aromatic N) is 4. The standard InChI is InChI=1S/C21H16ClN5O/c22-19-7-5-15(12-18(19)20-3-1-2-8-24-20)17-11-14(4-6-16(17)21(23)28)13-27-10-9-25-26-27/h1-12H,13H2,(H2,23,28). The third-order valence-electron chi connectivity index (χ3n) is 4.38. The quantitative estimate of drug-likeness (QED) is 0.562. The Morgan fingerprint density at radius 1 is 1.04 bits per heavy atom. The first-order valence-corrected chi connectivity index (χ1v) is 8.98. The molecule has 0 bridgehead atoms. The minimum Gasteiger partial charge on any atom is -0.366 e. The van der Waals surface area contributed by atoms with Crippen molar-refractivity contribution in [3.63, 3.8) is 0 Å². The largest absolute Gasteiger partial charge is 0.366 e. The van der Waals surface area contributed by atoms with Crippen molar-refractivity contribution in [3.8, 4) is 22.4 Å². The predicted octanol–water partition coefficient (Wildman–Crippen LogP) is 3.81. The number of carbonyl (C=O) groups excluding carboxylic acids is 1. The lowest BCUT2D eigenvalue weighted by Crippen LogP contribution is -2.13. The summed E-state index contributed by atoms with van der Waals surface area (Å²) in [5.74, 6) is -0.489. The molecule has 0 aliphatic rings. The van der Waals surface area contributed by atoms with Crippen molar-refractivity contribution in [2.75, 3.05) is 0 Å². The maximum absolute atomic E-state index is 12.0. The summed E-state index contributed by atoms with van der Waals surface area (Å²) in [5, 5.41) is 8.39. The highest BCUT2D eigenvalue weighted by Gasteiger charge is 2.14. The molecule has 4 aromatic rings. The van der Waals surface area contributed by atoms with Crippen LogP contribution >= 0.6 is 11.6 Å². The predicted molar refractivity (Wildman–Crippen MR) is 108 cm³/mol. The van der Waals surface area contributed by atoms with Crippen LogP contribution in [0.5, 0.6) is 0 Å². The molecule has 7 heteroatoms. The zero-order valence-electron chi connectivity index (χ0n) is 14.8. The Balaban J connectivity index is 1.82. The van der Waals surface area contributed by atoms with E-state index in [0.29, 0.717) is 17.1 Å². The lowest BCUT2D eigenvalue weighted by atomic mass is 9.95. The molecule has 138 valence electrons. The maximum Gasteiger partial charge on any atom is 0.249 e. The van der Waals surface area contributed by atoms with Crippen LogP contribution in [0, 0.1) is 0 Å². The Morgan fingerprint density at radius 3 is 2.64 bits per heavy atom. The molecule has 2 aromatic heterocycles. The summed E-state index contributed by atoms with van der Waals surface area (Å²) < 4.78 is 1.71. The van der Waals surface area contributed by atoms with Crippen LogP contribution in [0.3, 0.4) is 0 Å². The van der Waals surface area contributed by atoms with Gasteiger partial charge >= 0.3 is 0 Å². The fourth-order valence-corrected chi connectivity index (χ4v) is 3.27. The molecule has 2 aromatic carbocycles. The maximum atomic E-state index is 12.0. The second-order valence-electron chi connectivity index (χ2n) is 6.25. The van der Waals surface area contributed by atoms with Gasteiger partial charge in [-0.25, -0.2) is 4.68 Å². The molecule has 0 unspecified atom stereocenters. The molecule has 0 aliphatic heterocycles. The van der Waals surface area contributed by atoms with Crippen LogP contribution in [0.2, 0.25) is 5.02 Å². The first-order chi connectivity index (χ1) is 13.6. The molecular formula is C21H16ClN5O. The molecular weight excluding hydrogens is 374 g/mol. The van der Waals surface area contributed by atoms with Gasteiger partial charge in [0, 0.05) is 28.5 Å². The normalized spacial score (nSPS) is 10.8. The third-order valence-corrected chi connectivity index (χ3v) is 4.71. The van der Waals surface area contributed by atoms with E-state index in [1.54, 1.807) is 35.4 Å². The van der Waals surface area contributed by atoms with Crippen molar-refractivity contribution < 1.29 is 4.79 Å². The second-order valence-corrected chi connectivity index (χ2v) is 6.66. The number of aromatic nitrogens is 4. The van der Waals surface area contributed by atoms with Gasteiger partial charge in [0.1, 0.15) is 0 Å². The van der Waals surface area contributed by atoms with Crippen LogP contribution in [0.15, 0.2) is 73.2 Å². The van der Waals surface area contributed by atoms with Crippen molar-refractivity contribution in [1.29, 1.82) is 0 Å². The zero-order chi connectivity index (χ0) is 19.5. The van der Waals surface area contributed by atoms with Crippen molar-refractivity contribution in [3.05, 3.63) is 89.3 Å². The van der Waals surface area contributed by atoms with E-state index in [2.05, 4.69) is 15.3 Å². The Bertz CT molecular complexity index is 1130. The van der Waals surface area contributed by atoms with E-state index in [4.69, 9.17) is 17.3 Å². The highest BCUT2D eigenvalue weighted by Crippen LogP contribution is 2.33. The van der Waals surface area contributed by atoms with Gasteiger partial charge in [-0.05, 0) is 53.1 Å². The van der Waals surface area contributed by atoms with E-state index >= 15 is 0 Å². The van der Waals surface area contributed by atoms with E-state index in [1.165, 1.54) is 0 Å². The molecule has 0 saturated carbocycles. The molecule has 4 rings (SSSR count). The number of rotatable bonds is 5. The second kappa shape index (κ2) is 7.62. The van der Waals surface area contributed by atoms with Crippen LogP contribution in [0.25, 0.3) is 22.4 Å². The average Bonchev–Trinajstić information content (AvgIpc) is 3.22. The van der Waals surface area contributed by atoms with E-state index in [1.807, 2.05) is 42.5 Å². The third kappa shape index (κ3) is 3.63. The lowest BCUT2D eigenvalue weighted by molar-refractivity contribution is 0.100. The average molecular weight is 390 g/mol. The summed E-state index contributed by atoms with van der Waals surface area (Å²) in [5.41, 5.74) is 10.1. The van der Waals surface area contributed by atoms with Crippen LogP contribution in [0.4, 0.5) is 0 Å². The van der Waals surface area contributed by atoms with Gasteiger partial charge in [0.05, 0.1) is 18.4 Å². The molecule has 2 N–H and O–H groups in total. The Kier molecular flexibility index (Phi) is 4.87. The fraction of sp³-hybridized carbons (Fsp3) is 0.0476. The highest BCUT2D eigenvalue weighted by molar-refractivity contribution is 6.33. The van der Waals surface area contributed by atoms with Crippen molar-refractivity contribution in [2.24, 2.45) is 5.73 Å². The number of nitrogens with two attached hydrogens (primary N) is 1. The molecule has 0 atom stereocenters. The number of hydrogen-bond donors (Lipinski definition) is 1. The van der Waals surface area contributed by atoms with Gasteiger partial charge in [-0.2, -0.15) is 0 Å². The minimum atomic E-state index is -0.489. The first-order valence-electron chi connectivity index (χ1n) is 8.60. The monoisotopic (exact) mass is 389 g/mol. The van der Waals surface area contributed by atoms with Gasteiger partial charge in [-0.3, -0.25) is 9.78 Å². The number of primary amides is 1. The summed E-state index contributed by atoms with van der Waals surface area (Å²) in [4.78, 5) is 16.4. The summed E-state index contributed by atoms with van der Waals surface area (Å²) in [6.45, 7) is 0.534. The number of halogens is 1. The van der Waals surface area contributed by atoms with Crippen molar-refractivity contribution >= 4 is 17.5 Å². The summed E-state index contributed by atoms with van der Waals surface area (Å²) in [6, 6.07) is 16.8. The van der Waals surface area contributed by atoms with Gasteiger partial charge in [-0.15, -0.1) is 5.10 Å². The molecule has 6 nitrogen and oxygen atoms in total. The van der Waals surface area contributed by atoms with Crippen LogP contribution in [0.1, 0.15) is 15.9 Å². The van der Waals surface area contributed by atoms with Crippen LogP contribution < -0.4 is 5.73 Å². The number of amides is 1. The molecule has 1 amide bonds. The Hall–Kier alpha value is -3.51. The van der Waals surface area contributed by atoms with Gasteiger partial charge in [0.2, 0.25) is 5.91 Å². The van der Waals surface area contributed by atoms with Gasteiger partial charge < -0.3 is 5.73 Å². The molecule has 0 saturated heterocycles. The minimum absolute atomic E-state index is 0.441. The number of benzene rings is 2. The van der Waals surface area contributed by atoms with E-state index < -0.39 is 5.91 Å². The number of pyridine rings is 1. The fourth-order valence-electron chi connectivity index (χ4n) is 3.06. The molecule has 0 spiro atoms. The highest BCUT2D eigenvalue weighted by atomic mass is 35.5. The van der Waals surface area contributed by atoms with Crippen LogP contribution in [-0.4, -0.2) is 25.9 Å². The molecule has 0 fully saturated rings. The smallest absolute Gasteiger partial charge is 0.249 e. The zero-order valence-corrected chi connectivity index (χ0v) is 15.5. The molecule has 28 heavy (non-hydrogen) atoms. The molecule has 0 radical (unpaired) electrons. The summed E-state index contributed by atoms with van der Waals surface area (Å²) in [7, 11) is 0. The molecule has 0 aliphatic carbocycles. The Morgan fingerprint density at radius 2 is 1.93 bits per heavy atom. The first kappa shape index (κ1) is 17.9. The Labute approximate surface area is 166 Å². The van der Waals surface area contributed by atoms with Gasteiger partial charge in [0.15, 0.2) is 0 Å². The number of hydrogen-bond acceptors (Lipinski definition) is 4. The van der Waals surface area contributed by atoms with Crippen molar-refractivity contribution in [1.82, 2.24) is 20.0 Å². The SMILES string of the molecule is NC(=O)c1ccc(Cn2ccnn2)cc1-c1ccc(Cl)c(-c2ccccn2)c1. The van der Waals surface area contributed by atoms with E-state index in [9.17, 15) is 4.79 Å². The number of carbonyl (C=O) groups is 1. The lowest BCUT2D eigenvalue weighted by Gasteiger charge is -2.12.